The van der Waals surface area contributed by atoms with Crippen molar-refractivity contribution in [2.45, 2.75) is 12.7 Å². The average molecular weight is 398 g/mol. The Morgan fingerprint density at radius 2 is 1.96 bits per heavy atom. The van der Waals surface area contributed by atoms with E-state index in [4.69, 9.17) is 37.4 Å². The van der Waals surface area contributed by atoms with Crippen LogP contribution in [0.5, 0.6) is 11.5 Å². The van der Waals surface area contributed by atoms with Crippen LogP contribution in [-0.2, 0) is 14.3 Å². The SMILES string of the molecule is O=C(COc1ccc(Cl)cc1Cl)Nc1cc(C2OCCCO2)ccc1O. The zero-order valence-electron chi connectivity index (χ0n) is 13.7. The molecular formula is C18H17Cl2NO5. The fourth-order valence-corrected chi connectivity index (χ4v) is 2.87. The maximum Gasteiger partial charge on any atom is 0.262 e. The molecule has 1 heterocycles. The van der Waals surface area contributed by atoms with Gasteiger partial charge in [0.2, 0.25) is 0 Å². The van der Waals surface area contributed by atoms with Gasteiger partial charge in [-0.15, -0.1) is 0 Å². The van der Waals surface area contributed by atoms with Gasteiger partial charge in [0.05, 0.1) is 23.9 Å². The number of aromatic hydroxyl groups is 1. The minimum absolute atomic E-state index is 0.0672. The van der Waals surface area contributed by atoms with Crippen molar-refractivity contribution in [3.8, 4) is 11.5 Å². The summed E-state index contributed by atoms with van der Waals surface area (Å²) in [6, 6.07) is 9.48. The Morgan fingerprint density at radius 1 is 1.19 bits per heavy atom. The van der Waals surface area contributed by atoms with Crippen LogP contribution in [0.2, 0.25) is 10.0 Å². The van der Waals surface area contributed by atoms with Crippen molar-refractivity contribution in [1.29, 1.82) is 0 Å². The van der Waals surface area contributed by atoms with Gasteiger partial charge in [0.15, 0.2) is 12.9 Å². The zero-order valence-corrected chi connectivity index (χ0v) is 15.2. The number of halogens is 2. The van der Waals surface area contributed by atoms with Gasteiger partial charge in [-0.2, -0.15) is 0 Å². The van der Waals surface area contributed by atoms with E-state index in [-0.39, 0.29) is 18.0 Å². The molecule has 2 N–H and O–H groups in total. The summed E-state index contributed by atoms with van der Waals surface area (Å²) >= 11 is 11.8. The topological polar surface area (TPSA) is 77.0 Å². The van der Waals surface area contributed by atoms with Gasteiger partial charge in [-0.3, -0.25) is 4.79 Å². The lowest BCUT2D eigenvalue weighted by atomic mass is 10.1. The molecule has 6 nitrogen and oxygen atoms in total. The highest BCUT2D eigenvalue weighted by molar-refractivity contribution is 6.35. The summed E-state index contributed by atoms with van der Waals surface area (Å²) in [6.07, 6.45) is 0.326. The highest BCUT2D eigenvalue weighted by atomic mass is 35.5. The van der Waals surface area contributed by atoms with Crippen molar-refractivity contribution >= 4 is 34.8 Å². The van der Waals surface area contributed by atoms with E-state index in [0.717, 1.165) is 6.42 Å². The summed E-state index contributed by atoms with van der Waals surface area (Å²) in [5.74, 6) is -0.176. The van der Waals surface area contributed by atoms with E-state index in [0.29, 0.717) is 34.6 Å². The molecule has 138 valence electrons. The molecule has 3 rings (SSSR count). The predicted molar refractivity (Wildman–Crippen MR) is 98.0 cm³/mol. The number of carbonyl (C=O) groups excluding carboxylic acids is 1. The molecular weight excluding hydrogens is 381 g/mol. The van der Waals surface area contributed by atoms with E-state index in [1.54, 1.807) is 24.3 Å². The van der Waals surface area contributed by atoms with Crippen LogP contribution in [0.15, 0.2) is 36.4 Å². The Balaban J connectivity index is 1.63. The van der Waals surface area contributed by atoms with Gasteiger partial charge in [-0.25, -0.2) is 0 Å². The van der Waals surface area contributed by atoms with Gasteiger partial charge in [0, 0.05) is 10.6 Å². The first-order chi connectivity index (χ1) is 12.5. The highest BCUT2D eigenvalue weighted by Gasteiger charge is 2.18. The van der Waals surface area contributed by atoms with E-state index in [2.05, 4.69) is 5.32 Å². The van der Waals surface area contributed by atoms with Crippen molar-refractivity contribution in [3.63, 3.8) is 0 Å². The van der Waals surface area contributed by atoms with Crippen molar-refractivity contribution < 1.29 is 24.1 Å². The minimum atomic E-state index is -0.510. The van der Waals surface area contributed by atoms with E-state index < -0.39 is 12.2 Å². The van der Waals surface area contributed by atoms with Crippen molar-refractivity contribution in [2.75, 3.05) is 25.1 Å². The molecule has 0 atom stereocenters. The van der Waals surface area contributed by atoms with Gasteiger partial charge < -0.3 is 24.6 Å². The van der Waals surface area contributed by atoms with Gasteiger partial charge in [0.25, 0.3) is 5.91 Å². The summed E-state index contributed by atoms with van der Waals surface area (Å²) in [5.41, 5.74) is 0.954. The molecule has 26 heavy (non-hydrogen) atoms. The maximum absolute atomic E-state index is 12.1. The van der Waals surface area contributed by atoms with Gasteiger partial charge in [-0.1, -0.05) is 29.3 Å². The highest BCUT2D eigenvalue weighted by Crippen LogP contribution is 2.31. The molecule has 1 aliphatic heterocycles. The lowest BCUT2D eigenvalue weighted by Gasteiger charge is -2.24. The first-order valence-corrected chi connectivity index (χ1v) is 8.72. The third-order valence-electron chi connectivity index (χ3n) is 3.65. The number of anilines is 1. The Kier molecular flexibility index (Phi) is 6.21. The molecule has 0 saturated carbocycles. The Morgan fingerprint density at radius 3 is 2.69 bits per heavy atom. The summed E-state index contributed by atoms with van der Waals surface area (Å²) in [5, 5.41) is 13.3. The van der Waals surface area contributed by atoms with Crippen LogP contribution in [-0.4, -0.2) is 30.8 Å². The van der Waals surface area contributed by atoms with Gasteiger partial charge in [-0.05, 0) is 36.8 Å². The maximum atomic E-state index is 12.1. The average Bonchev–Trinajstić information content (AvgIpc) is 2.63. The molecule has 0 spiro atoms. The predicted octanol–water partition coefficient (Wildman–Crippen LogP) is 4.15. The van der Waals surface area contributed by atoms with Crippen LogP contribution in [0.4, 0.5) is 5.69 Å². The number of rotatable bonds is 5. The van der Waals surface area contributed by atoms with E-state index >= 15 is 0 Å². The molecule has 0 unspecified atom stereocenters. The molecule has 0 radical (unpaired) electrons. The van der Waals surface area contributed by atoms with Crippen LogP contribution >= 0.6 is 23.2 Å². The first kappa shape index (κ1) is 18.8. The monoisotopic (exact) mass is 397 g/mol. The van der Waals surface area contributed by atoms with Gasteiger partial charge in [0.1, 0.15) is 11.5 Å². The van der Waals surface area contributed by atoms with Crippen LogP contribution in [0.1, 0.15) is 18.3 Å². The van der Waals surface area contributed by atoms with Crippen LogP contribution in [0, 0.1) is 0 Å². The quantitative estimate of drug-likeness (QED) is 0.740. The number of phenolic OH excluding ortho intramolecular Hbond substituents is 1. The lowest BCUT2D eigenvalue weighted by Crippen LogP contribution is -2.21. The third kappa shape index (κ3) is 4.80. The molecule has 2 aromatic carbocycles. The van der Waals surface area contributed by atoms with E-state index in [1.807, 2.05) is 0 Å². The van der Waals surface area contributed by atoms with Crippen LogP contribution < -0.4 is 10.1 Å². The minimum Gasteiger partial charge on any atom is -0.506 e. The summed E-state index contributed by atoms with van der Waals surface area (Å²) in [4.78, 5) is 12.1. The molecule has 1 aliphatic rings. The molecule has 1 amide bonds. The normalized spacial score (nSPS) is 14.8. The summed E-state index contributed by atoms with van der Waals surface area (Å²) in [7, 11) is 0. The second-order valence-corrected chi connectivity index (χ2v) is 6.46. The fourth-order valence-electron chi connectivity index (χ4n) is 2.40. The molecule has 0 aromatic heterocycles. The first-order valence-electron chi connectivity index (χ1n) is 7.97. The Bertz CT molecular complexity index is 793. The second-order valence-electron chi connectivity index (χ2n) is 5.62. The standard InChI is InChI=1S/C18H17Cl2NO5/c19-12-3-5-16(13(20)9-12)26-10-17(23)21-14-8-11(2-4-15(14)22)18-24-6-1-7-25-18/h2-5,8-9,18,22H,1,6-7,10H2,(H,21,23). The lowest BCUT2D eigenvalue weighted by molar-refractivity contribution is -0.183. The number of hydrogen-bond donors (Lipinski definition) is 2. The number of ether oxygens (including phenoxy) is 3. The van der Waals surface area contributed by atoms with Crippen molar-refractivity contribution in [2.24, 2.45) is 0 Å². The van der Waals surface area contributed by atoms with Crippen LogP contribution in [0.25, 0.3) is 0 Å². The smallest absolute Gasteiger partial charge is 0.262 e. The van der Waals surface area contributed by atoms with E-state index in [9.17, 15) is 9.90 Å². The zero-order chi connectivity index (χ0) is 18.5. The number of benzene rings is 2. The number of carbonyl (C=O) groups is 1. The molecule has 8 heteroatoms. The van der Waals surface area contributed by atoms with Crippen molar-refractivity contribution in [3.05, 3.63) is 52.0 Å². The fraction of sp³-hybridized carbons (Fsp3) is 0.278. The molecule has 0 bridgehead atoms. The largest absolute Gasteiger partial charge is 0.506 e. The number of hydrogen-bond acceptors (Lipinski definition) is 5. The van der Waals surface area contributed by atoms with E-state index in [1.165, 1.54) is 12.1 Å². The third-order valence-corrected chi connectivity index (χ3v) is 4.18. The summed E-state index contributed by atoms with van der Waals surface area (Å²) < 4.78 is 16.4. The molecule has 0 aliphatic carbocycles. The molecule has 2 aromatic rings. The molecule has 1 fully saturated rings. The van der Waals surface area contributed by atoms with Crippen LogP contribution in [0.3, 0.4) is 0 Å². The molecule has 1 saturated heterocycles. The summed E-state index contributed by atoms with van der Waals surface area (Å²) in [6.45, 7) is 0.924. The second kappa shape index (κ2) is 8.60. The Labute approximate surface area is 160 Å². The number of nitrogens with one attached hydrogen (secondary N) is 1. The van der Waals surface area contributed by atoms with Crippen molar-refractivity contribution in [1.82, 2.24) is 0 Å². The Hall–Kier alpha value is -1.99. The number of amides is 1. The number of phenols is 1. The van der Waals surface area contributed by atoms with Gasteiger partial charge >= 0.3 is 0 Å².